The Labute approximate surface area is 207 Å². The zero-order valence-corrected chi connectivity index (χ0v) is 20.7. The molecule has 0 aromatic carbocycles. The molecular formula is C24H32F3N4O5+. The molecule has 2 heterocycles. The normalized spacial score (nSPS) is 21.0. The molecule has 1 fully saturated rings. The fourth-order valence-electron chi connectivity index (χ4n) is 4.82. The summed E-state index contributed by atoms with van der Waals surface area (Å²) in [6.45, 7) is 4.77. The number of hydrogen-bond donors (Lipinski definition) is 3. The summed E-state index contributed by atoms with van der Waals surface area (Å²) in [4.78, 5) is 42.1. The van der Waals surface area contributed by atoms with E-state index in [1.165, 1.54) is 18.5 Å². The van der Waals surface area contributed by atoms with Gasteiger partial charge >= 0.3 is 18.2 Å². The van der Waals surface area contributed by atoms with Gasteiger partial charge in [0.15, 0.2) is 0 Å². The molecule has 0 saturated heterocycles. The van der Waals surface area contributed by atoms with Crippen LogP contribution in [0.25, 0.3) is 5.57 Å². The molecular weight excluding hydrogens is 481 g/mol. The smallest absolute Gasteiger partial charge is 0.465 e. The average molecular weight is 514 g/mol. The van der Waals surface area contributed by atoms with Gasteiger partial charge in [0.05, 0.1) is 25.1 Å². The molecule has 1 aromatic rings. The summed E-state index contributed by atoms with van der Waals surface area (Å²) in [5.41, 5.74) is -0.549. The number of pyridine rings is 1. The van der Waals surface area contributed by atoms with Gasteiger partial charge in [-0.25, -0.2) is 9.78 Å². The van der Waals surface area contributed by atoms with Gasteiger partial charge < -0.3 is 20.5 Å². The number of ether oxygens (including phenoxy) is 1. The molecule has 2 atom stereocenters. The molecule has 2 aliphatic rings. The van der Waals surface area contributed by atoms with Crippen molar-refractivity contribution in [3.63, 3.8) is 0 Å². The first-order valence-electron chi connectivity index (χ1n) is 11.7. The molecule has 12 heteroatoms. The molecule has 1 aromatic heterocycles. The predicted octanol–water partition coefficient (Wildman–Crippen LogP) is 3.86. The summed E-state index contributed by atoms with van der Waals surface area (Å²) in [6.07, 6.45) is -1.42. The Morgan fingerprint density at radius 2 is 1.86 bits per heavy atom. The van der Waals surface area contributed by atoms with Crippen LogP contribution in [0.2, 0.25) is 0 Å². The predicted molar refractivity (Wildman–Crippen MR) is 126 cm³/mol. The van der Waals surface area contributed by atoms with E-state index in [1.807, 2.05) is 0 Å². The molecule has 0 spiro atoms. The number of carbonyl (C=O) groups excluding carboxylic acids is 2. The summed E-state index contributed by atoms with van der Waals surface area (Å²) >= 11 is 0. The highest BCUT2D eigenvalue weighted by molar-refractivity contribution is 6.21. The summed E-state index contributed by atoms with van der Waals surface area (Å²) in [5, 5.41) is 15.6. The van der Waals surface area contributed by atoms with Crippen molar-refractivity contribution >= 4 is 29.4 Å². The second-order valence-corrected chi connectivity index (χ2v) is 10.1. The zero-order valence-electron chi connectivity index (χ0n) is 20.7. The standard InChI is InChI=1S/C24H31F3N4O5/c1-23(2,3)31(22(34)35)13-16(21(33)36-4)18-14(9-10-28-19(18)31)12-29-17(11-24(25,26)27)20(32)30-15-7-5-6-8-15/h9-10,13,15,17,29H,5-8,11-12H2,1-4H3,(H-,30,32,34,35)/p+1/t17-,31?/m1/s1. The van der Waals surface area contributed by atoms with E-state index < -0.39 is 46.6 Å². The van der Waals surface area contributed by atoms with Crippen LogP contribution in [0.15, 0.2) is 18.5 Å². The second kappa shape index (κ2) is 10.2. The molecule has 9 nitrogen and oxygen atoms in total. The highest BCUT2D eigenvalue weighted by atomic mass is 19.4. The van der Waals surface area contributed by atoms with Crippen LogP contribution in [0.4, 0.5) is 23.8 Å². The Balaban J connectivity index is 1.98. The first-order chi connectivity index (χ1) is 16.7. The van der Waals surface area contributed by atoms with E-state index in [1.54, 1.807) is 20.8 Å². The number of nitrogens with zero attached hydrogens (tertiary/aromatic N) is 2. The van der Waals surface area contributed by atoms with Crippen molar-refractivity contribution in [3.8, 4) is 0 Å². The summed E-state index contributed by atoms with van der Waals surface area (Å²) in [5.74, 6) is -1.52. The molecule has 36 heavy (non-hydrogen) atoms. The molecule has 1 aliphatic heterocycles. The van der Waals surface area contributed by atoms with E-state index in [0.717, 1.165) is 32.8 Å². The number of rotatable bonds is 7. The molecule has 3 rings (SSSR count). The van der Waals surface area contributed by atoms with Crippen molar-refractivity contribution in [1.82, 2.24) is 20.1 Å². The molecule has 198 valence electrons. The number of fused-ring (bicyclic) bond motifs is 1. The van der Waals surface area contributed by atoms with Crippen LogP contribution in [0.3, 0.4) is 0 Å². The number of hydrogen-bond acceptors (Lipinski definition) is 6. The Hall–Kier alpha value is -2.99. The lowest BCUT2D eigenvalue weighted by molar-refractivity contribution is -0.149. The topological polar surface area (TPSA) is 118 Å². The first kappa shape index (κ1) is 27.6. The van der Waals surface area contributed by atoms with Crippen molar-refractivity contribution in [1.29, 1.82) is 0 Å². The molecule has 3 N–H and O–H groups in total. The minimum Gasteiger partial charge on any atom is -0.465 e. The van der Waals surface area contributed by atoms with Crippen LogP contribution < -0.4 is 15.1 Å². The van der Waals surface area contributed by atoms with Crippen LogP contribution in [-0.4, -0.2) is 59.0 Å². The summed E-state index contributed by atoms with van der Waals surface area (Å²) < 4.78 is 43.9. The van der Waals surface area contributed by atoms with E-state index in [-0.39, 0.29) is 29.5 Å². The molecule has 1 unspecified atom stereocenters. The van der Waals surface area contributed by atoms with E-state index in [0.29, 0.717) is 5.56 Å². The largest absolute Gasteiger partial charge is 0.525 e. The number of esters is 1. The van der Waals surface area contributed by atoms with Crippen LogP contribution in [0.5, 0.6) is 0 Å². The molecule has 0 bridgehead atoms. The highest BCUT2D eigenvalue weighted by Crippen LogP contribution is 2.46. The lowest BCUT2D eigenvalue weighted by Gasteiger charge is -2.37. The van der Waals surface area contributed by atoms with Crippen LogP contribution in [0.1, 0.15) is 64.0 Å². The molecule has 0 radical (unpaired) electrons. The summed E-state index contributed by atoms with van der Waals surface area (Å²) in [6, 6.07) is -0.246. The number of quaternary nitrogens is 1. The third-order valence-electron chi connectivity index (χ3n) is 6.70. The van der Waals surface area contributed by atoms with Gasteiger partial charge in [0.25, 0.3) is 5.82 Å². The Bertz CT molecular complexity index is 1060. The van der Waals surface area contributed by atoms with E-state index in [9.17, 15) is 32.7 Å². The fourth-order valence-corrected chi connectivity index (χ4v) is 4.82. The van der Waals surface area contributed by atoms with Crippen molar-refractivity contribution in [2.45, 2.75) is 83.2 Å². The monoisotopic (exact) mass is 513 g/mol. The van der Waals surface area contributed by atoms with Gasteiger partial charge in [-0.05, 0) is 45.2 Å². The van der Waals surface area contributed by atoms with Crippen LogP contribution in [-0.2, 0) is 20.9 Å². The van der Waals surface area contributed by atoms with Crippen molar-refractivity contribution in [2.24, 2.45) is 0 Å². The number of aromatic nitrogens is 1. The van der Waals surface area contributed by atoms with E-state index in [2.05, 4.69) is 15.6 Å². The van der Waals surface area contributed by atoms with Gasteiger partial charge in [-0.3, -0.25) is 4.79 Å². The molecule has 1 aliphatic carbocycles. The Kier molecular flexibility index (Phi) is 7.80. The van der Waals surface area contributed by atoms with Gasteiger partial charge in [0.2, 0.25) is 5.91 Å². The number of halogens is 3. The third-order valence-corrected chi connectivity index (χ3v) is 6.70. The maximum atomic E-state index is 13.3. The molecule has 1 saturated carbocycles. The number of nitrogens with one attached hydrogen (secondary N) is 2. The number of carbonyl (C=O) groups is 3. The van der Waals surface area contributed by atoms with Crippen LogP contribution >= 0.6 is 0 Å². The quantitative estimate of drug-likeness (QED) is 0.374. The van der Waals surface area contributed by atoms with E-state index >= 15 is 0 Å². The SMILES string of the molecule is COC(=O)C1=C[N+](C(=O)O)(C(C)(C)C)c2nccc(CN[C@H](CC(F)(F)F)C(=O)NC3CCCC3)c21. The van der Waals surface area contributed by atoms with Crippen molar-refractivity contribution < 1.29 is 37.4 Å². The Morgan fingerprint density at radius 3 is 2.39 bits per heavy atom. The minimum absolute atomic E-state index is 0.0393. The van der Waals surface area contributed by atoms with Gasteiger partial charge in [-0.2, -0.15) is 18.0 Å². The van der Waals surface area contributed by atoms with Gasteiger partial charge in [0.1, 0.15) is 17.3 Å². The van der Waals surface area contributed by atoms with E-state index in [4.69, 9.17) is 4.74 Å². The summed E-state index contributed by atoms with van der Waals surface area (Å²) in [7, 11) is 1.15. The fraction of sp³-hybridized carbons (Fsp3) is 0.583. The average Bonchev–Trinajstić information content (AvgIpc) is 3.41. The Morgan fingerprint density at radius 1 is 1.22 bits per heavy atom. The number of carboxylic acid groups (broad SMARTS) is 1. The highest BCUT2D eigenvalue weighted by Gasteiger charge is 2.57. The van der Waals surface area contributed by atoms with Crippen molar-refractivity contribution in [2.75, 3.05) is 7.11 Å². The van der Waals surface area contributed by atoms with Crippen LogP contribution in [0, 0.1) is 0 Å². The van der Waals surface area contributed by atoms with Crippen molar-refractivity contribution in [3.05, 3.63) is 29.6 Å². The third kappa shape index (κ3) is 5.39. The first-order valence-corrected chi connectivity index (χ1v) is 11.7. The maximum absolute atomic E-state index is 13.3. The lowest BCUT2D eigenvalue weighted by Crippen LogP contribution is -2.60. The zero-order chi connectivity index (χ0) is 26.9. The number of methoxy groups -OCH3 is 1. The number of alkyl halides is 3. The molecule has 2 amide bonds. The minimum atomic E-state index is -4.59. The maximum Gasteiger partial charge on any atom is 0.525 e. The van der Waals surface area contributed by atoms with Gasteiger partial charge in [-0.1, -0.05) is 12.8 Å². The second-order valence-electron chi connectivity index (χ2n) is 10.1. The lowest BCUT2D eigenvalue weighted by atomic mass is 10.0. The van der Waals surface area contributed by atoms with Gasteiger partial charge in [-0.15, -0.1) is 4.48 Å². The number of amides is 2. The van der Waals surface area contributed by atoms with Gasteiger partial charge in [0, 0.05) is 18.8 Å².